The first-order chi connectivity index (χ1) is 16.7. The van der Waals surface area contributed by atoms with Crippen molar-refractivity contribution in [2.75, 3.05) is 18.5 Å². The van der Waals surface area contributed by atoms with Gasteiger partial charge in [0.15, 0.2) is 0 Å². The molecular weight excluding hydrogens is 492 g/mol. The van der Waals surface area contributed by atoms with E-state index in [1.807, 2.05) is 0 Å². The van der Waals surface area contributed by atoms with Crippen molar-refractivity contribution in [2.24, 2.45) is 5.92 Å². The van der Waals surface area contributed by atoms with Crippen LogP contribution in [-0.2, 0) is 31.0 Å². The topological polar surface area (TPSA) is 102 Å². The van der Waals surface area contributed by atoms with Crippen LogP contribution in [0.25, 0.3) is 0 Å². The fourth-order valence-electron chi connectivity index (χ4n) is 4.21. The summed E-state index contributed by atoms with van der Waals surface area (Å²) in [6.45, 7) is 2.66. The van der Waals surface area contributed by atoms with E-state index < -0.39 is 10.1 Å². The highest BCUT2D eigenvalue weighted by Gasteiger charge is 2.32. The molecule has 0 radical (unpaired) electrons. The van der Waals surface area contributed by atoms with Crippen molar-refractivity contribution in [3.63, 3.8) is 0 Å². The fourth-order valence-corrected chi connectivity index (χ4v) is 5.37. The zero-order valence-corrected chi connectivity index (χ0v) is 21.1. The molecule has 1 N–H and O–H groups in total. The molecule has 0 aromatic heterocycles. The Morgan fingerprint density at radius 1 is 1.11 bits per heavy atom. The maximum atomic E-state index is 13.2. The van der Waals surface area contributed by atoms with Crippen molar-refractivity contribution in [2.45, 2.75) is 56.6 Å². The lowest BCUT2D eigenvalue weighted by Crippen LogP contribution is -2.42. The first-order valence-corrected chi connectivity index (χ1v) is 13.5. The number of benzene rings is 2. The number of hydrogen-bond donors (Lipinski definition) is 1. The molecule has 1 aliphatic carbocycles. The zero-order valence-electron chi connectivity index (χ0n) is 19.5. The van der Waals surface area contributed by atoms with Crippen molar-refractivity contribution >= 4 is 39.2 Å². The van der Waals surface area contributed by atoms with E-state index in [9.17, 15) is 18.0 Å². The number of carbonyl (C=O) groups is 2. The van der Waals surface area contributed by atoms with Gasteiger partial charge in [0.1, 0.15) is 10.6 Å². The summed E-state index contributed by atoms with van der Waals surface area (Å²) >= 11 is 6.23. The molecule has 4 rings (SSSR count). The normalized spacial score (nSPS) is 18.1. The Labute approximate surface area is 210 Å². The van der Waals surface area contributed by atoms with Crippen LogP contribution in [-0.4, -0.2) is 44.4 Å². The van der Waals surface area contributed by atoms with E-state index in [0.29, 0.717) is 29.4 Å². The molecule has 1 saturated carbocycles. The summed E-state index contributed by atoms with van der Waals surface area (Å²) in [5, 5.41) is 3.01. The number of ether oxygens (including phenoxy) is 1. The SMILES string of the molecule is CC(=O)Nc1ccc(S(=O)(=O)Oc2ccc(Cl)cc2CN(C[C@H]2CCCO2)C(=O)C2CCC2)cc1. The molecule has 1 heterocycles. The second kappa shape index (κ2) is 11.0. The minimum atomic E-state index is -4.17. The molecule has 0 bridgehead atoms. The lowest BCUT2D eigenvalue weighted by atomic mass is 9.84. The molecule has 0 unspecified atom stereocenters. The van der Waals surface area contributed by atoms with E-state index >= 15 is 0 Å². The lowest BCUT2D eigenvalue weighted by Gasteiger charge is -2.33. The van der Waals surface area contributed by atoms with Crippen LogP contribution >= 0.6 is 11.6 Å². The van der Waals surface area contributed by atoms with Crippen molar-refractivity contribution in [3.05, 3.63) is 53.1 Å². The predicted octanol–water partition coefficient (Wildman–Crippen LogP) is 4.37. The molecule has 8 nitrogen and oxygen atoms in total. The quantitative estimate of drug-likeness (QED) is 0.492. The maximum Gasteiger partial charge on any atom is 0.339 e. The van der Waals surface area contributed by atoms with Crippen LogP contribution < -0.4 is 9.50 Å². The molecule has 1 saturated heterocycles. The van der Waals surface area contributed by atoms with Crippen LogP contribution in [0.4, 0.5) is 5.69 Å². The van der Waals surface area contributed by atoms with E-state index in [2.05, 4.69) is 5.32 Å². The summed E-state index contributed by atoms with van der Waals surface area (Å²) in [4.78, 5) is 26.1. The third-order valence-corrected chi connectivity index (χ3v) is 7.74. The number of hydrogen-bond acceptors (Lipinski definition) is 6. The number of halogens is 1. The largest absolute Gasteiger partial charge is 0.379 e. The summed E-state index contributed by atoms with van der Waals surface area (Å²) < 4.78 is 37.2. The summed E-state index contributed by atoms with van der Waals surface area (Å²) in [7, 11) is -4.17. The van der Waals surface area contributed by atoms with Crippen molar-refractivity contribution < 1.29 is 26.9 Å². The Morgan fingerprint density at radius 2 is 1.86 bits per heavy atom. The van der Waals surface area contributed by atoms with Crippen molar-refractivity contribution in [3.8, 4) is 5.75 Å². The van der Waals surface area contributed by atoms with Crippen molar-refractivity contribution in [1.29, 1.82) is 0 Å². The standard InChI is InChI=1S/C25H29ClN2O6S/c1-17(29)27-21-8-10-23(11-9-21)35(31,32)34-24-12-7-20(26)14-19(24)15-28(16-22-6-3-13-33-22)25(30)18-4-2-5-18/h7-12,14,18,22H,2-6,13,15-16H2,1H3,(H,27,29)/t22-/m1/s1. The summed E-state index contributed by atoms with van der Waals surface area (Å²) in [6.07, 6.45) is 4.57. The summed E-state index contributed by atoms with van der Waals surface area (Å²) in [6, 6.07) is 10.4. The molecule has 35 heavy (non-hydrogen) atoms. The van der Waals surface area contributed by atoms with Gasteiger partial charge >= 0.3 is 10.1 Å². The van der Waals surface area contributed by atoms with Gasteiger partial charge in [0, 0.05) is 48.8 Å². The van der Waals surface area contributed by atoms with Crippen LogP contribution in [0.3, 0.4) is 0 Å². The Morgan fingerprint density at radius 3 is 2.46 bits per heavy atom. The van der Waals surface area contributed by atoms with Gasteiger partial charge in [-0.15, -0.1) is 0 Å². The first-order valence-electron chi connectivity index (χ1n) is 11.7. The molecule has 2 aromatic rings. The average molecular weight is 521 g/mol. The Kier molecular flexibility index (Phi) is 7.98. The minimum Gasteiger partial charge on any atom is -0.379 e. The third kappa shape index (κ3) is 6.54. The van der Waals surface area contributed by atoms with E-state index in [0.717, 1.165) is 32.1 Å². The number of anilines is 1. The molecule has 1 aliphatic heterocycles. The lowest BCUT2D eigenvalue weighted by molar-refractivity contribution is -0.140. The smallest absolute Gasteiger partial charge is 0.339 e. The van der Waals surface area contributed by atoms with Crippen LogP contribution in [0.5, 0.6) is 5.75 Å². The van der Waals surface area contributed by atoms with E-state index in [1.165, 1.54) is 37.3 Å². The highest BCUT2D eigenvalue weighted by Crippen LogP contribution is 2.32. The molecule has 1 atom stereocenters. The Balaban J connectivity index is 1.56. The number of rotatable bonds is 9. The Hall–Kier alpha value is -2.62. The van der Waals surface area contributed by atoms with Gasteiger partial charge in [-0.05, 0) is 68.1 Å². The average Bonchev–Trinajstić information content (AvgIpc) is 3.27. The minimum absolute atomic E-state index is 0.00850. The molecule has 2 aliphatic rings. The molecular formula is C25H29ClN2O6S. The van der Waals surface area contributed by atoms with Gasteiger partial charge in [0.25, 0.3) is 0 Å². The van der Waals surface area contributed by atoms with E-state index in [4.69, 9.17) is 20.5 Å². The first kappa shape index (κ1) is 25.5. The van der Waals surface area contributed by atoms with Crippen LogP contribution in [0.1, 0.15) is 44.6 Å². The van der Waals surface area contributed by atoms with Gasteiger partial charge < -0.3 is 19.1 Å². The Bertz CT molecular complexity index is 1170. The van der Waals surface area contributed by atoms with Crippen LogP contribution in [0.2, 0.25) is 5.02 Å². The highest BCUT2D eigenvalue weighted by molar-refractivity contribution is 7.87. The van der Waals surface area contributed by atoms with Crippen LogP contribution in [0.15, 0.2) is 47.4 Å². The van der Waals surface area contributed by atoms with Gasteiger partial charge in [0.05, 0.1) is 6.10 Å². The fraction of sp³-hybridized carbons (Fsp3) is 0.440. The highest BCUT2D eigenvalue weighted by atomic mass is 35.5. The summed E-state index contributed by atoms with van der Waals surface area (Å²) in [5.74, 6) is -0.106. The maximum absolute atomic E-state index is 13.2. The van der Waals surface area contributed by atoms with Crippen molar-refractivity contribution in [1.82, 2.24) is 4.90 Å². The molecule has 2 fully saturated rings. The van der Waals surface area contributed by atoms with Gasteiger partial charge in [-0.3, -0.25) is 9.59 Å². The summed E-state index contributed by atoms with van der Waals surface area (Å²) in [5.41, 5.74) is 0.976. The number of nitrogens with one attached hydrogen (secondary N) is 1. The van der Waals surface area contributed by atoms with Gasteiger partial charge in [0.2, 0.25) is 11.8 Å². The monoisotopic (exact) mass is 520 g/mol. The molecule has 2 aromatic carbocycles. The van der Waals surface area contributed by atoms with E-state index in [-0.39, 0.29) is 41.0 Å². The second-order valence-corrected chi connectivity index (χ2v) is 11.0. The molecule has 188 valence electrons. The van der Waals surface area contributed by atoms with Gasteiger partial charge in [-0.25, -0.2) is 0 Å². The zero-order chi connectivity index (χ0) is 25.0. The third-order valence-electron chi connectivity index (χ3n) is 6.26. The van der Waals surface area contributed by atoms with Gasteiger partial charge in [-0.1, -0.05) is 18.0 Å². The predicted molar refractivity (Wildman–Crippen MR) is 132 cm³/mol. The molecule has 10 heteroatoms. The van der Waals surface area contributed by atoms with E-state index in [1.54, 1.807) is 17.0 Å². The number of nitrogens with zero attached hydrogens (tertiary/aromatic N) is 1. The van der Waals surface area contributed by atoms with Crippen LogP contribution in [0, 0.1) is 5.92 Å². The number of amides is 2. The number of carbonyl (C=O) groups excluding carboxylic acids is 2. The van der Waals surface area contributed by atoms with Gasteiger partial charge in [-0.2, -0.15) is 8.42 Å². The molecule has 0 spiro atoms. The molecule has 2 amide bonds. The second-order valence-electron chi connectivity index (χ2n) is 8.98.